The van der Waals surface area contributed by atoms with E-state index in [1.807, 2.05) is 26.8 Å². The average molecular weight is 346 g/mol. The quantitative estimate of drug-likeness (QED) is 0.659. The summed E-state index contributed by atoms with van der Waals surface area (Å²) < 4.78 is 5.43. The summed E-state index contributed by atoms with van der Waals surface area (Å²) in [5.41, 5.74) is 2.76. The number of rotatable bonds is 2. The molecule has 1 aliphatic heterocycles. The number of nitrogens with zero attached hydrogens (tertiary/aromatic N) is 2. The topological polar surface area (TPSA) is 32.8 Å². The molecule has 1 amide bonds. The van der Waals surface area contributed by atoms with E-state index in [1.54, 1.807) is 4.90 Å². The minimum atomic E-state index is -0.454. The minimum Gasteiger partial charge on any atom is -0.444 e. The van der Waals surface area contributed by atoms with Gasteiger partial charge in [0, 0.05) is 43.2 Å². The first kappa shape index (κ1) is 18.7. The van der Waals surface area contributed by atoms with Gasteiger partial charge in [-0.05, 0) is 51.0 Å². The van der Waals surface area contributed by atoms with Gasteiger partial charge in [-0.15, -0.1) is 19.1 Å². The molecule has 0 aromatic heterocycles. The summed E-state index contributed by atoms with van der Waals surface area (Å²) in [5.74, 6) is 2.72. The van der Waals surface area contributed by atoms with Crippen LogP contribution >= 0.6 is 12.6 Å². The average Bonchev–Trinajstić information content (AvgIpc) is 2.49. The molecule has 1 heterocycles. The van der Waals surface area contributed by atoms with Gasteiger partial charge in [0.1, 0.15) is 5.60 Å². The van der Waals surface area contributed by atoms with E-state index in [4.69, 9.17) is 11.2 Å². The Bertz CT molecular complexity index is 651. The zero-order valence-corrected chi connectivity index (χ0v) is 15.8. The summed E-state index contributed by atoms with van der Waals surface area (Å²) in [7, 11) is 0. The van der Waals surface area contributed by atoms with Crippen molar-refractivity contribution in [1.29, 1.82) is 0 Å². The van der Waals surface area contributed by atoms with Gasteiger partial charge in [0.15, 0.2) is 0 Å². The Morgan fingerprint density at radius 3 is 2.46 bits per heavy atom. The van der Waals surface area contributed by atoms with Crippen molar-refractivity contribution in [2.45, 2.75) is 44.7 Å². The zero-order valence-electron chi connectivity index (χ0n) is 14.9. The molecule has 0 N–H and O–H groups in total. The van der Waals surface area contributed by atoms with Crippen LogP contribution in [0.3, 0.4) is 0 Å². The van der Waals surface area contributed by atoms with E-state index in [-0.39, 0.29) is 6.09 Å². The monoisotopic (exact) mass is 346 g/mol. The fraction of sp³-hybridized carbons (Fsp3) is 0.526. The summed E-state index contributed by atoms with van der Waals surface area (Å²) >= 11 is 4.44. The number of thiol groups is 1. The molecular weight excluding hydrogens is 320 g/mol. The van der Waals surface area contributed by atoms with Crippen molar-refractivity contribution in [1.82, 2.24) is 9.80 Å². The van der Waals surface area contributed by atoms with Crippen molar-refractivity contribution < 1.29 is 9.53 Å². The highest BCUT2D eigenvalue weighted by atomic mass is 32.1. The van der Waals surface area contributed by atoms with Crippen molar-refractivity contribution >= 4 is 18.7 Å². The van der Waals surface area contributed by atoms with Crippen molar-refractivity contribution in [2.24, 2.45) is 0 Å². The normalized spacial score (nSPS) is 15.9. The Labute approximate surface area is 150 Å². The van der Waals surface area contributed by atoms with Crippen LogP contribution in [-0.4, -0.2) is 47.7 Å². The molecule has 0 saturated carbocycles. The molecule has 24 heavy (non-hydrogen) atoms. The van der Waals surface area contributed by atoms with Crippen LogP contribution in [0, 0.1) is 19.3 Å². The second kappa shape index (κ2) is 7.50. The molecule has 130 valence electrons. The van der Waals surface area contributed by atoms with Crippen LogP contribution in [0.1, 0.15) is 37.5 Å². The molecule has 1 saturated heterocycles. The minimum absolute atomic E-state index is 0.231. The zero-order chi connectivity index (χ0) is 17.9. The molecule has 4 nitrogen and oxygen atoms in total. The van der Waals surface area contributed by atoms with Gasteiger partial charge < -0.3 is 9.64 Å². The third-order valence-corrected chi connectivity index (χ3v) is 4.33. The van der Waals surface area contributed by atoms with Crippen LogP contribution in [0.5, 0.6) is 0 Å². The van der Waals surface area contributed by atoms with Gasteiger partial charge in [0.05, 0.1) is 0 Å². The molecule has 1 aliphatic rings. The van der Waals surface area contributed by atoms with Gasteiger partial charge in [0.2, 0.25) is 0 Å². The fourth-order valence-corrected chi connectivity index (χ4v) is 3.01. The van der Waals surface area contributed by atoms with Crippen molar-refractivity contribution in [2.75, 3.05) is 26.2 Å². The number of carbonyl (C=O) groups is 1. The van der Waals surface area contributed by atoms with Crippen LogP contribution in [-0.2, 0) is 11.3 Å². The Hall–Kier alpha value is -1.64. The molecular formula is C19H26N2O2S. The van der Waals surface area contributed by atoms with Crippen LogP contribution < -0.4 is 0 Å². The van der Waals surface area contributed by atoms with Crippen molar-refractivity contribution in [3.8, 4) is 12.3 Å². The highest BCUT2D eigenvalue weighted by Crippen LogP contribution is 2.21. The Balaban J connectivity index is 1.96. The van der Waals surface area contributed by atoms with Crippen LogP contribution in [0.4, 0.5) is 4.79 Å². The first-order valence-electron chi connectivity index (χ1n) is 8.19. The van der Waals surface area contributed by atoms with E-state index in [1.165, 1.54) is 5.56 Å². The molecule has 1 aromatic carbocycles. The summed E-state index contributed by atoms with van der Waals surface area (Å²) in [6.07, 6.45) is 5.34. The smallest absolute Gasteiger partial charge is 0.410 e. The maximum Gasteiger partial charge on any atom is 0.410 e. The highest BCUT2D eigenvalue weighted by Gasteiger charge is 2.26. The van der Waals surface area contributed by atoms with Crippen LogP contribution in [0.15, 0.2) is 17.0 Å². The van der Waals surface area contributed by atoms with Crippen LogP contribution in [0.2, 0.25) is 0 Å². The number of carbonyl (C=O) groups excluding carboxylic acids is 1. The number of ether oxygens (including phenoxy) is 1. The van der Waals surface area contributed by atoms with E-state index in [2.05, 4.69) is 36.4 Å². The first-order valence-corrected chi connectivity index (χ1v) is 8.63. The predicted octanol–water partition coefficient (Wildman–Crippen LogP) is 3.32. The molecule has 0 atom stereocenters. The fourth-order valence-electron chi connectivity index (χ4n) is 2.73. The second-order valence-electron chi connectivity index (χ2n) is 7.17. The lowest BCUT2D eigenvalue weighted by Crippen LogP contribution is -2.49. The molecule has 2 rings (SSSR count). The van der Waals surface area contributed by atoms with E-state index >= 15 is 0 Å². The molecule has 5 heteroatoms. The lowest BCUT2D eigenvalue weighted by atomic mass is 10.0. The first-order chi connectivity index (χ1) is 11.2. The molecule has 1 fully saturated rings. The maximum absolute atomic E-state index is 12.1. The van der Waals surface area contributed by atoms with Gasteiger partial charge in [-0.3, -0.25) is 4.90 Å². The summed E-state index contributed by atoms with van der Waals surface area (Å²) in [6, 6.07) is 3.99. The third-order valence-electron chi connectivity index (χ3n) is 4.07. The molecule has 0 aliphatic carbocycles. The standard InChI is InChI=1S/C19H26N2O2S/c1-6-15-11-17(24)12-16(14(15)2)13-20-7-9-21(10-8-20)18(22)23-19(3,4)5/h1,11-12,24H,7-10,13H2,2-5H3. The number of benzene rings is 1. The van der Waals surface area contributed by atoms with E-state index in [0.717, 1.165) is 35.7 Å². The predicted molar refractivity (Wildman–Crippen MR) is 99.5 cm³/mol. The van der Waals surface area contributed by atoms with Gasteiger partial charge in [0.25, 0.3) is 0 Å². The van der Waals surface area contributed by atoms with Gasteiger partial charge >= 0.3 is 6.09 Å². The lowest BCUT2D eigenvalue weighted by Gasteiger charge is -2.35. The summed E-state index contributed by atoms with van der Waals surface area (Å²) in [6.45, 7) is 11.5. The Kier molecular flexibility index (Phi) is 5.84. The number of piperazine rings is 1. The molecule has 0 radical (unpaired) electrons. The third kappa shape index (κ3) is 4.93. The number of amides is 1. The van der Waals surface area contributed by atoms with Gasteiger partial charge in [-0.25, -0.2) is 4.79 Å². The molecule has 0 spiro atoms. The van der Waals surface area contributed by atoms with E-state index in [9.17, 15) is 4.79 Å². The largest absolute Gasteiger partial charge is 0.444 e. The van der Waals surface area contributed by atoms with Crippen molar-refractivity contribution in [3.63, 3.8) is 0 Å². The molecule has 0 bridgehead atoms. The lowest BCUT2D eigenvalue weighted by molar-refractivity contribution is 0.0139. The van der Waals surface area contributed by atoms with E-state index < -0.39 is 5.60 Å². The van der Waals surface area contributed by atoms with Gasteiger partial charge in [-0.1, -0.05) is 5.92 Å². The summed E-state index contributed by atoms with van der Waals surface area (Å²) in [4.78, 5) is 17.1. The second-order valence-corrected chi connectivity index (χ2v) is 7.68. The SMILES string of the molecule is C#Cc1cc(S)cc(CN2CCN(C(=O)OC(C)(C)C)CC2)c1C. The maximum atomic E-state index is 12.1. The van der Waals surface area contributed by atoms with Crippen molar-refractivity contribution in [3.05, 3.63) is 28.8 Å². The van der Waals surface area contributed by atoms with Gasteiger partial charge in [-0.2, -0.15) is 0 Å². The van der Waals surface area contributed by atoms with E-state index in [0.29, 0.717) is 13.1 Å². The Morgan fingerprint density at radius 1 is 1.29 bits per heavy atom. The van der Waals surface area contributed by atoms with Crippen LogP contribution in [0.25, 0.3) is 0 Å². The number of terminal acetylenes is 1. The molecule has 1 aromatic rings. The number of hydrogen-bond donors (Lipinski definition) is 1. The Morgan fingerprint density at radius 2 is 1.92 bits per heavy atom. The highest BCUT2D eigenvalue weighted by molar-refractivity contribution is 7.80. The molecule has 0 unspecified atom stereocenters. The summed E-state index contributed by atoms with van der Waals surface area (Å²) in [5, 5.41) is 0. The number of hydrogen-bond acceptors (Lipinski definition) is 4.